The number of furan rings is 1. The summed E-state index contributed by atoms with van der Waals surface area (Å²) in [4.78, 5) is 0. The molecular weight excluding hydrogens is 258 g/mol. The Morgan fingerprint density at radius 3 is 2.62 bits per heavy atom. The first-order chi connectivity index (χ1) is 10.1. The van der Waals surface area contributed by atoms with E-state index in [4.69, 9.17) is 4.42 Å². The zero-order valence-electron chi connectivity index (χ0n) is 13.8. The molecule has 0 saturated heterocycles. The van der Waals surface area contributed by atoms with E-state index in [0.717, 1.165) is 36.8 Å². The third-order valence-electron chi connectivity index (χ3n) is 4.99. The molecule has 0 spiro atoms. The summed E-state index contributed by atoms with van der Waals surface area (Å²) >= 11 is 0. The highest BCUT2D eigenvalue weighted by Crippen LogP contribution is 2.46. The van der Waals surface area contributed by atoms with Crippen LogP contribution in [-0.4, -0.2) is 6.54 Å². The van der Waals surface area contributed by atoms with E-state index in [1.807, 2.05) is 0 Å². The van der Waals surface area contributed by atoms with E-state index in [2.05, 4.69) is 51.2 Å². The maximum absolute atomic E-state index is 6.14. The fourth-order valence-electron chi connectivity index (χ4n) is 2.98. The quantitative estimate of drug-likeness (QED) is 0.798. The average molecular weight is 285 g/mol. The van der Waals surface area contributed by atoms with Crippen LogP contribution in [0.5, 0.6) is 0 Å². The minimum absolute atomic E-state index is 0.230. The Morgan fingerprint density at radius 2 is 2.00 bits per heavy atom. The molecule has 1 aromatic heterocycles. The van der Waals surface area contributed by atoms with Crippen LogP contribution in [0.1, 0.15) is 69.8 Å². The van der Waals surface area contributed by atoms with Crippen molar-refractivity contribution in [2.45, 2.75) is 64.8 Å². The van der Waals surface area contributed by atoms with Crippen LogP contribution in [0.3, 0.4) is 0 Å². The third-order valence-corrected chi connectivity index (χ3v) is 4.99. The van der Waals surface area contributed by atoms with Gasteiger partial charge in [-0.15, -0.1) is 0 Å². The van der Waals surface area contributed by atoms with E-state index >= 15 is 0 Å². The maximum atomic E-state index is 6.14. The van der Waals surface area contributed by atoms with Crippen molar-refractivity contribution < 1.29 is 4.42 Å². The van der Waals surface area contributed by atoms with Crippen molar-refractivity contribution in [1.82, 2.24) is 5.32 Å². The Labute approximate surface area is 127 Å². The monoisotopic (exact) mass is 285 g/mol. The van der Waals surface area contributed by atoms with Crippen LogP contribution in [-0.2, 0) is 12.0 Å². The fraction of sp³-hybridized carbons (Fsp3) is 0.579. The van der Waals surface area contributed by atoms with Crippen molar-refractivity contribution in [3.8, 4) is 0 Å². The lowest BCUT2D eigenvalue weighted by Gasteiger charge is -2.23. The lowest BCUT2D eigenvalue weighted by molar-refractivity contribution is 0.505. The number of fused-ring (bicyclic) bond motifs is 1. The highest BCUT2D eigenvalue weighted by atomic mass is 16.3. The van der Waals surface area contributed by atoms with Gasteiger partial charge in [0, 0.05) is 10.9 Å². The number of benzene rings is 1. The molecule has 1 aliphatic rings. The second-order valence-electron chi connectivity index (χ2n) is 6.94. The van der Waals surface area contributed by atoms with Crippen LogP contribution >= 0.6 is 0 Å². The van der Waals surface area contributed by atoms with Gasteiger partial charge in [0.25, 0.3) is 0 Å². The summed E-state index contributed by atoms with van der Waals surface area (Å²) in [6.07, 6.45) is 3.78. The normalized spacial score (nSPS) is 15.8. The van der Waals surface area contributed by atoms with Gasteiger partial charge in [-0.2, -0.15) is 0 Å². The van der Waals surface area contributed by atoms with Crippen LogP contribution in [0.25, 0.3) is 11.0 Å². The number of hydrogen-bond acceptors (Lipinski definition) is 2. The lowest BCUT2D eigenvalue weighted by Crippen LogP contribution is -2.15. The number of nitrogens with one attached hydrogen (secondary N) is 1. The van der Waals surface area contributed by atoms with E-state index < -0.39 is 0 Å². The Hall–Kier alpha value is -1.28. The van der Waals surface area contributed by atoms with Crippen LogP contribution in [0, 0.1) is 0 Å². The van der Waals surface area contributed by atoms with E-state index in [-0.39, 0.29) is 5.41 Å². The van der Waals surface area contributed by atoms with Crippen molar-refractivity contribution in [3.63, 3.8) is 0 Å². The summed E-state index contributed by atoms with van der Waals surface area (Å²) in [6.45, 7) is 10.9. The van der Waals surface area contributed by atoms with Crippen molar-refractivity contribution >= 4 is 11.0 Å². The average Bonchev–Trinajstić information content (AvgIpc) is 3.25. The molecule has 3 rings (SSSR count). The first-order valence-corrected chi connectivity index (χ1v) is 8.33. The third kappa shape index (κ3) is 2.74. The van der Waals surface area contributed by atoms with Gasteiger partial charge in [0.15, 0.2) is 0 Å². The number of rotatable bonds is 6. The summed E-state index contributed by atoms with van der Waals surface area (Å²) in [5, 5.41) is 4.76. The Morgan fingerprint density at radius 1 is 1.24 bits per heavy atom. The summed E-state index contributed by atoms with van der Waals surface area (Å²) < 4.78 is 6.14. The number of hydrogen-bond donors (Lipinski definition) is 1. The van der Waals surface area contributed by atoms with Crippen LogP contribution in [0.4, 0.5) is 0 Å². The van der Waals surface area contributed by atoms with Gasteiger partial charge >= 0.3 is 0 Å². The molecule has 1 aliphatic carbocycles. The molecule has 0 bridgehead atoms. The minimum atomic E-state index is 0.230. The standard InChI is InChI=1S/C19H27NO/c1-5-19(3,4)14-9-10-16-15(11-14)18(13-7-8-13)17(21-16)12-20-6-2/h9-11,13,20H,5-8,12H2,1-4H3. The molecule has 1 heterocycles. The maximum Gasteiger partial charge on any atom is 0.134 e. The van der Waals surface area contributed by atoms with Gasteiger partial charge in [-0.25, -0.2) is 0 Å². The summed E-state index contributed by atoms with van der Waals surface area (Å²) in [5.41, 5.74) is 4.18. The molecule has 0 aliphatic heterocycles. The van der Waals surface area contributed by atoms with Crippen molar-refractivity contribution in [2.24, 2.45) is 0 Å². The molecule has 1 fully saturated rings. The van der Waals surface area contributed by atoms with Crippen LogP contribution in [0.2, 0.25) is 0 Å². The molecule has 2 aromatic rings. The second kappa shape index (κ2) is 5.49. The fourth-order valence-corrected chi connectivity index (χ4v) is 2.98. The van der Waals surface area contributed by atoms with Gasteiger partial charge in [-0.1, -0.05) is 33.8 Å². The summed E-state index contributed by atoms with van der Waals surface area (Å²) in [5.74, 6) is 1.88. The van der Waals surface area contributed by atoms with E-state index in [9.17, 15) is 0 Å². The highest BCUT2D eigenvalue weighted by Gasteiger charge is 2.31. The molecule has 114 valence electrons. The topological polar surface area (TPSA) is 25.2 Å². The molecule has 0 radical (unpaired) electrons. The Balaban J connectivity index is 2.08. The molecule has 2 heteroatoms. The predicted octanol–water partition coefficient (Wildman–Crippen LogP) is 5.11. The van der Waals surface area contributed by atoms with Gasteiger partial charge < -0.3 is 9.73 Å². The van der Waals surface area contributed by atoms with Crippen molar-refractivity contribution in [2.75, 3.05) is 6.54 Å². The molecule has 21 heavy (non-hydrogen) atoms. The van der Waals surface area contributed by atoms with E-state index in [0.29, 0.717) is 0 Å². The summed E-state index contributed by atoms with van der Waals surface area (Å²) in [6, 6.07) is 6.79. The molecule has 1 N–H and O–H groups in total. The molecule has 1 aromatic carbocycles. The lowest BCUT2D eigenvalue weighted by atomic mass is 9.81. The van der Waals surface area contributed by atoms with E-state index in [1.54, 1.807) is 0 Å². The van der Waals surface area contributed by atoms with Gasteiger partial charge in [-0.3, -0.25) is 0 Å². The summed E-state index contributed by atoms with van der Waals surface area (Å²) in [7, 11) is 0. The Bertz CT molecular complexity index is 634. The molecule has 0 atom stereocenters. The minimum Gasteiger partial charge on any atom is -0.459 e. The largest absolute Gasteiger partial charge is 0.459 e. The molecule has 1 saturated carbocycles. The van der Waals surface area contributed by atoms with Crippen LogP contribution < -0.4 is 5.32 Å². The predicted molar refractivity (Wildman–Crippen MR) is 88.9 cm³/mol. The van der Waals surface area contributed by atoms with Gasteiger partial charge in [0.05, 0.1) is 6.54 Å². The molecule has 2 nitrogen and oxygen atoms in total. The van der Waals surface area contributed by atoms with Crippen molar-refractivity contribution in [3.05, 3.63) is 35.1 Å². The van der Waals surface area contributed by atoms with E-state index in [1.165, 1.54) is 29.4 Å². The molecular formula is C19H27NO. The zero-order valence-corrected chi connectivity index (χ0v) is 13.8. The van der Waals surface area contributed by atoms with Crippen molar-refractivity contribution in [1.29, 1.82) is 0 Å². The smallest absolute Gasteiger partial charge is 0.134 e. The molecule has 0 unspecified atom stereocenters. The highest BCUT2D eigenvalue weighted by molar-refractivity contribution is 5.84. The van der Waals surface area contributed by atoms with Gasteiger partial charge in [0.2, 0.25) is 0 Å². The van der Waals surface area contributed by atoms with Gasteiger partial charge in [0.1, 0.15) is 11.3 Å². The second-order valence-corrected chi connectivity index (χ2v) is 6.94. The molecule has 0 amide bonds. The SMILES string of the molecule is CCNCc1oc2ccc(C(C)(C)CC)cc2c1C1CC1. The first-order valence-electron chi connectivity index (χ1n) is 8.33. The zero-order chi connectivity index (χ0) is 15.0. The first kappa shape index (κ1) is 14.6. The van der Waals surface area contributed by atoms with Crippen LogP contribution in [0.15, 0.2) is 22.6 Å². The van der Waals surface area contributed by atoms with Gasteiger partial charge in [-0.05, 0) is 54.8 Å². The Kier molecular flexibility index (Phi) is 3.83.